The monoisotopic (exact) mass is 382 g/mol. The van der Waals surface area contributed by atoms with Crippen LogP contribution in [0.4, 0.5) is 0 Å². The number of hydrogen-bond acceptors (Lipinski definition) is 4. The number of rotatable bonds is 8. The number of nitrogens with zero attached hydrogens (tertiary/aromatic N) is 2. The summed E-state index contributed by atoms with van der Waals surface area (Å²) in [6.45, 7) is 4.01. The summed E-state index contributed by atoms with van der Waals surface area (Å²) in [6, 6.07) is 11.9. The minimum absolute atomic E-state index is 0.297. The molecule has 1 heterocycles. The van der Waals surface area contributed by atoms with Gasteiger partial charge in [-0.15, -0.1) is 0 Å². The molecule has 1 fully saturated rings. The van der Waals surface area contributed by atoms with Crippen LogP contribution in [-0.4, -0.2) is 30.7 Å². The summed E-state index contributed by atoms with van der Waals surface area (Å²) in [6.07, 6.45) is 6.81. The first-order valence-corrected chi connectivity index (χ1v) is 10.0. The molecule has 1 aromatic carbocycles. The summed E-state index contributed by atoms with van der Waals surface area (Å²) in [5.41, 5.74) is 2.03. The van der Waals surface area contributed by atoms with Crippen molar-refractivity contribution in [2.75, 3.05) is 13.7 Å². The van der Waals surface area contributed by atoms with Crippen molar-refractivity contribution in [1.29, 1.82) is 0 Å². The second kappa shape index (κ2) is 10.5. The molecule has 3 rings (SSSR count). The van der Waals surface area contributed by atoms with Crippen molar-refractivity contribution in [3.05, 3.63) is 53.9 Å². The lowest BCUT2D eigenvalue weighted by molar-refractivity contribution is 0.207. The predicted molar refractivity (Wildman–Crippen MR) is 112 cm³/mol. The third kappa shape index (κ3) is 5.87. The molecule has 28 heavy (non-hydrogen) atoms. The zero-order valence-electron chi connectivity index (χ0n) is 16.8. The first kappa shape index (κ1) is 20.0. The van der Waals surface area contributed by atoms with Crippen LogP contribution < -0.4 is 20.1 Å². The molecule has 0 saturated heterocycles. The van der Waals surface area contributed by atoms with Crippen LogP contribution in [0.2, 0.25) is 0 Å². The molecule has 0 atom stereocenters. The van der Waals surface area contributed by atoms with Gasteiger partial charge in [-0.05, 0) is 56.9 Å². The lowest BCUT2D eigenvalue weighted by atomic mass is 10.2. The van der Waals surface area contributed by atoms with Crippen LogP contribution in [0.15, 0.2) is 47.6 Å². The van der Waals surface area contributed by atoms with Crippen molar-refractivity contribution < 1.29 is 9.47 Å². The van der Waals surface area contributed by atoms with Gasteiger partial charge < -0.3 is 20.1 Å². The van der Waals surface area contributed by atoms with Crippen LogP contribution in [0.3, 0.4) is 0 Å². The van der Waals surface area contributed by atoms with E-state index >= 15 is 0 Å². The van der Waals surface area contributed by atoms with Crippen LogP contribution in [0.25, 0.3) is 0 Å². The Labute approximate surface area is 167 Å². The molecule has 0 unspecified atom stereocenters. The highest BCUT2D eigenvalue weighted by Crippen LogP contribution is 2.30. The molecule has 1 saturated carbocycles. The average Bonchev–Trinajstić information content (AvgIpc) is 3.24. The molecule has 0 spiro atoms. The first-order chi connectivity index (χ1) is 13.8. The standard InChI is InChI=1S/C22H30N4O2/c1-3-23-22(26-16-18-8-6-7-13-24-18)25-15-17-11-12-20(27-2)14-21(17)28-19-9-4-5-10-19/h6-8,11-14,19H,3-5,9-10,15-16H2,1-2H3,(H2,23,25,26). The zero-order valence-corrected chi connectivity index (χ0v) is 16.8. The Morgan fingerprint density at radius 2 is 2.04 bits per heavy atom. The van der Waals surface area contributed by atoms with E-state index in [4.69, 9.17) is 14.5 Å². The van der Waals surface area contributed by atoms with Crippen molar-refractivity contribution >= 4 is 5.96 Å². The average molecular weight is 383 g/mol. The normalized spacial score (nSPS) is 14.7. The van der Waals surface area contributed by atoms with E-state index in [1.54, 1.807) is 13.3 Å². The largest absolute Gasteiger partial charge is 0.497 e. The van der Waals surface area contributed by atoms with Gasteiger partial charge in [0, 0.05) is 24.4 Å². The van der Waals surface area contributed by atoms with Crippen molar-refractivity contribution in [1.82, 2.24) is 15.6 Å². The SMILES string of the molecule is CCNC(=NCc1ccc(OC)cc1OC1CCCC1)NCc1ccccn1. The molecule has 6 heteroatoms. The van der Waals surface area contributed by atoms with E-state index in [9.17, 15) is 0 Å². The number of nitrogens with one attached hydrogen (secondary N) is 2. The summed E-state index contributed by atoms with van der Waals surface area (Å²) in [7, 11) is 1.68. The Kier molecular flexibility index (Phi) is 7.53. The molecule has 0 radical (unpaired) electrons. The maximum Gasteiger partial charge on any atom is 0.191 e. The highest BCUT2D eigenvalue weighted by molar-refractivity contribution is 5.79. The number of aliphatic imine (C=N–C) groups is 1. The van der Waals surface area contributed by atoms with Crippen molar-refractivity contribution in [2.24, 2.45) is 4.99 Å². The van der Waals surface area contributed by atoms with E-state index in [0.29, 0.717) is 19.2 Å². The molecule has 2 N–H and O–H groups in total. The smallest absolute Gasteiger partial charge is 0.191 e. The lowest BCUT2D eigenvalue weighted by Crippen LogP contribution is -2.37. The van der Waals surface area contributed by atoms with Crippen LogP contribution in [-0.2, 0) is 13.1 Å². The number of methoxy groups -OCH3 is 1. The molecule has 150 valence electrons. The minimum Gasteiger partial charge on any atom is -0.497 e. The summed E-state index contributed by atoms with van der Waals surface area (Å²) in [5, 5.41) is 6.62. The number of benzene rings is 1. The molecule has 0 bridgehead atoms. The van der Waals surface area contributed by atoms with Gasteiger partial charge in [0.25, 0.3) is 0 Å². The molecular formula is C22H30N4O2. The van der Waals surface area contributed by atoms with Gasteiger partial charge in [-0.2, -0.15) is 0 Å². The molecule has 2 aromatic rings. The first-order valence-electron chi connectivity index (χ1n) is 10.0. The van der Waals surface area contributed by atoms with E-state index in [0.717, 1.165) is 48.1 Å². The van der Waals surface area contributed by atoms with E-state index in [-0.39, 0.29) is 0 Å². The van der Waals surface area contributed by atoms with Gasteiger partial charge in [0.05, 0.1) is 32.0 Å². The molecule has 1 aliphatic carbocycles. The van der Waals surface area contributed by atoms with Crippen LogP contribution in [0.1, 0.15) is 43.9 Å². The second-order valence-electron chi connectivity index (χ2n) is 6.87. The van der Waals surface area contributed by atoms with Crippen molar-refractivity contribution in [3.8, 4) is 11.5 Å². The molecule has 1 aliphatic rings. The number of guanidine groups is 1. The van der Waals surface area contributed by atoms with Crippen LogP contribution in [0.5, 0.6) is 11.5 Å². The second-order valence-corrected chi connectivity index (χ2v) is 6.87. The van der Waals surface area contributed by atoms with E-state index in [2.05, 4.69) is 22.5 Å². The van der Waals surface area contributed by atoms with E-state index in [1.807, 2.05) is 36.4 Å². The van der Waals surface area contributed by atoms with Crippen LogP contribution >= 0.6 is 0 Å². The van der Waals surface area contributed by atoms with Gasteiger partial charge in [-0.1, -0.05) is 6.07 Å². The zero-order chi connectivity index (χ0) is 19.6. The summed E-state index contributed by atoms with van der Waals surface area (Å²) >= 11 is 0. The Morgan fingerprint density at radius 3 is 2.75 bits per heavy atom. The van der Waals surface area contributed by atoms with E-state index < -0.39 is 0 Å². The topological polar surface area (TPSA) is 67.8 Å². The van der Waals surface area contributed by atoms with Gasteiger partial charge in [0.2, 0.25) is 0 Å². The molecule has 0 aliphatic heterocycles. The molecule has 6 nitrogen and oxygen atoms in total. The quantitative estimate of drug-likeness (QED) is 0.539. The fourth-order valence-corrected chi connectivity index (χ4v) is 3.27. The summed E-state index contributed by atoms with van der Waals surface area (Å²) in [5.74, 6) is 2.44. The summed E-state index contributed by atoms with van der Waals surface area (Å²) in [4.78, 5) is 9.08. The predicted octanol–water partition coefficient (Wildman–Crippen LogP) is 3.67. The third-order valence-corrected chi connectivity index (χ3v) is 4.78. The molecule has 0 amide bonds. The lowest BCUT2D eigenvalue weighted by Gasteiger charge is -2.17. The van der Waals surface area contributed by atoms with E-state index in [1.165, 1.54) is 12.8 Å². The van der Waals surface area contributed by atoms with Crippen molar-refractivity contribution in [2.45, 2.75) is 51.8 Å². The van der Waals surface area contributed by atoms with Gasteiger partial charge in [0.15, 0.2) is 5.96 Å². The minimum atomic E-state index is 0.297. The van der Waals surface area contributed by atoms with Gasteiger partial charge >= 0.3 is 0 Å². The Morgan fingerprint density at radius 1 is 1.18 bits per heavy atom. The maximum absolute atomic E-state index is 6.27. The number of ether oxygens (including phenoxy) is 2. The number of pyridine rings is 1. The maximum atomic E-state index is 6.27. The van der Waals surface area contributed by atoms with Crippen molar-refractivity contribution in [3.63, 3.8) is 0 Å². The van der Waals surface area contributed by atoms with Gasteiger partial charge in [-0.25, -0.2) is 4.99 Å². The summed E-state index contributed by atoms with van der Waals surface area (Å²) < 4.78 is 11.6. The Hall–Kier alpha value is -2.76. The third-order valence-electron chi connectivity index (χ3n) is 4.78. The highest BCUT2D eigenvalue weighted by Gasteiger charge is 2.18. The number of aromatic nitrogens is 1. The Balaban J connectivity index is 1.69. The fraction of sp³-hybridized carbons (Fsp3) is 0.455. The molecular weight excluding hydrogens is 352 g/mol. The fourth-order valence-electron chi connectivity index (χ4n) is 3.27. The Bertz CT molecular complexity index is 758. The highest BCUT2D eigenvalue weighted by atomic mass is 16.5. The number of hydrogen-bond donors (Lipinski definition) is 2. The molecule has 1 aromatic heterocycles. The van der Waals surface area contributed by atoms with Crippen LogP contribution in [0, 0.1) is 0 Å². The van der Waals surface area contributed by atoms with Gasteiger partial charge in [0.1, 0.15) is 11.5 Å². The van der Waals surface area contributed by atoms with Gasteiger partial charge in [-0.3, -0.25) is 4.98 Å².